The molecule has 8 nitrogen and oxygen atoms in total. The Hall–Kier alpha value is -2.24. The first kappa shape index (κ1) is 24.5. The third kappa shape index (κ3) is 4.90. The van der Waals surface area contributed by atoms with Crippen molar-refractivity contribution in [3.8, 4) is 0 Å². The van der Waals surface area contributed by atoms with E-state index in [-0.39, 0.29) is 29.0 Å². The molecule has 0 radical (unpaired) electrons. The van der Waals surface area contributed by atoms with E-state index >= 15 is 0 Å². The van der Waals surface area contributed by atoms with Gasteiger partial charge in [0.15, 0.2) is 9.84 Å². The molecule has 4 heterocycles. The van der Waals surface area contributed by atoms with Crippen molar-refractivity contribution in [2.45, 2.75) is 58.0 Å². The Morgan fingerprint density at radius 2 is 1.91 bits per heavy atom. The van der Waals surface area contributed by atoms with Gasteiger partial charge in [0.25, 0.3) is 11.5 Å². The van der Waals surface area contributed by atoms with Crippen LogP contribution >= 0.6 is 24.0 Å². The Morgan fingerprint density at radius 1 is 1.17 bits per heavy atom. The fourth-order valence-corrected chi connectivity index (χ4v) is 8.08. The summed E-state index contributed by atoms with van der Waals surface area (Å²) in [5.41, 5.74) is 1.50. The number of aromatic nitrogens is 2. The van der Waals surface area contributed by atoms with Gasteiger partial charge in [-0.05, 0) is 62.7 Å². The van der Waals surface area contributed by atoms with Gasteiger partial charge in [0.1, 0.15) is 15.8 Å². The number of pyridine rings is 1. The second-order valence-electron chi connectivity index (χ2n) is 9.82. The maximum atomic E-state index is 13.6. The van der Waals surface area contributed by atoms with Gasteiger partial charge in [-0.15, -0.1) is 0 Å². The van der Waals surface area contributed by atoms with Crippen LogP contribution in [0.4, 0.5) is 5.82 Å². The van der Waals surface area contributed by atoms with Gasteiger partial charge in [-0.25, -0.2) is 13.4 Å². The zero-order chi connectivity index (χ0) is 24.9. The first-order valence-corrected chi connectivity index (χ1v) is 14.9. The maximum Gasteiger partial charge on any atom is 0.267 e. The Labute approximate surface area is 214 Å². The summed E-state index contributed by atoms with van der Waals surface area (Å²) in [7, 11) is -3.17. The molecule has 2 aromatic rings. The molecule has 186 valence electrons. The molecule has 0 bridgehead atoms. The standard InChI is InChI=1S/C24H28N4O4S3/c1-14-3-6-16(7-4-14)25-21-18(22(29)27-12-15(2)5-8-20(27)26-21)11-19-23(30)28(24(33)34-19)17-9-10-35(31,32)13-17/h5,8,11-12,14,16-17,25H,3-4,6-7,9-10,13H2,1-2H3/b19-11+. The molecule has 1 unspecified atom stereocenters. The Bertz CT molecular complexity index is 1410. The van der Waals surface area contributed by atoms with E-state index in [1.165, 1.54) is 9.30 Å². The van der Waals surface area contributed by atoms with Gasteiger partial charge >= 0.3 is 0 Å². The first-order chi connectivity index (χ1) is 16.6. The lowest BCUT2D eigenvalue weighted by atomic mass is 9.87. The number of hydrogen-bond acceptors (Lipinski definition) is 8. The van der Waals surface area contributed by atoms with E-state index in [4.69, 9.17) is 17.2 Å². The minimum atomic E-state index is -3.17. The van der Waals surface area contributed by atoms with Crippen LogP contribution in [0.3, 0.4) is 0 Å². The smallest absolute Gasteiger partial charge is 0.267 e. The van der Waals surface area contributed by atoms with Crippen molar-refractivity contribution in [1.82, 2.24) is 14.3 Å². The van der Waals surface area contributed by atoms with Crippen molar-refractivity contribution in [2.24, 2.45) is 5.92 Å². The summed E-state index contributed by atoms with van der Waals surface area (Å²) in [4.78, 5) is 33.3. The van der Waals surface area contributed by atoms with Crippen molar-refractivity contribution >= 4 is 61.6 Å². The molecule has 2 aromatic heterocycles. The van der Waals surface area contributed by atoms with E-state index in [1.807, 2.05) is 19.1 Å². The Kier molecular flexibility index (Phi) is 6.52. The molecule has 3 fully saturated rings. The summed E-state index contributed by atoms with van der Waals surface area (Å²) in [5, 5.41) is 3.48. The highest BCUT2D eigenvalue weighted by Crippen LogP contribution is 2.37. The molecular weight excluding hydrogens is 504 g/mol. The number of hydrogen-bond donors (Lipinski definition) is 1. The van der Waals surface area contributed by atoms with Gasteiger partial charge in [-0.1, -0.05) is 37.0 Å². The number of thioether (sulfide) groups is 1. The number of carbonyl (C=O) groups excluding carboxylic acids is 1. The SMILES string of the molecule is Cc1ccc2nc(NC3CCC(C)CC3)c(/C=C3/SC(=S)N(C4CCS(=O)(=O)C4)C3=O)c(=O)n2c1. The lowest BCUT2D eigenvalue weighted by Crippen LogP contribution is -2.39. The van der Waals surface area contributed by atoms with Crippen molar-refractivity contribution < 1.29 is 13.2 Å². The van der Waals surface area contributed by atoms with Crippen molar-refractivity contribution in [3.63, 3.8) is 0 Å². The van der Waals surface area contributed by atoms with Gasteiger partial charge in [0.05, 0.1) is 28.0 Å². The fraction of sp³-hybridized carbons (Fsp3) is 0.500. The summed E-state index contributed by atoms with van der Waals surface area (Å²) in [6.45, 7) is 4.16. The van der Waals surface area contributed by atoms with Crippen LogP contribution in [-0.4, -0.2) is 56.5 Å². The third-order valence-electron chi connectivity index (χ3n) is 7.03. The van der Waals surface area contributed by atoms with E-state index < -0.39 is 15.9 Å². The molecule has 5 rings (SSSR count). The highest BCUT2D eigenvalue weighted by Gasteiger charge is 2.42. The quantitative estimate of drug-likeness (QED) is 0.473. The molecule has 0 spiro atoms. The number of rotatable bonds is 4. The van der Waals surface area contributed by atoms with Gasteiger partial charge in [0, 0.05) is 12.2 Å². The molecule has 3 aliphatic rings. The van der Waals surface area contributed by atoms with Crippen LogP contribution in [-0.2, 0) is 14.6 Å². The molecule has 1 saturated carbocycles. The van der Waals surface area contributed by atoms with Gasteiger partial charge in [-0.2, -0.15) is 0 Å². The molecule has 1 amide bonds. The van der Waals surface area contributed by atoms with Crippen LogP contribution in [0, 0.1) is 12.8 Å². The lowest BCUT2D eigenvalue weighted by molar-refractivity contribution is -0.123. The average Bonchev–Trinajstić information content (AvgIpc) is 3.30. The first-order valence-electron chi connectivity index (χ1n) is 11.9. The Morgan fingerprint density at radius 3 is 2.60 bits per heavy atom. The summed E-state index contributed by atoms with van der Waals surface area (Å²) < 4.78 is 25.8. The second-order valence-corrected chi connectivity index (χ2v) is 13.7. The van der Waals surface area contributed by atoms with E-state index in [1.54, 1.807) is 12.3 Å². The summed E-state index contributed by atoms with van der Waals surface area (Å²) >= 11 is 6.55. The summed E-state index contributed by atoms with van der Waals surface area (Å²) in [6, 6.07) is 3.47. The molecule has 1 N–H and O–H groups in total. The fourth-order valence-electron chi connectivity index (χ4n) is 5.00. The lowest BCUT2D eigenvalue weighted by Gasteiger charge is -2.27. The molecule has 35 heavy (non-hydrogen) atoms. The predicted molar refractivity (Wildman–Crippen MR) is 143 cm³/mol. The van der Waals surface area contributed by atoms with Crippen molar-refractivity contribution in [1.29, 1.82) is 0 Å². The highest BCUT2D eigenvalue weighted by atomic mass is 32.2. The van der Waals surface area contributed by atoms with Crippen LogP contribution in [0.2, 0.25) is 0 Å². The predicted octanol–water partition coefficient (Wildman–Crippen LogP) is 3.38. The largest absolute Gasteiger partial charge is 0.367 e. The van der Waals surface area contributed by atoms with Crippen LogP contribution in [0.25, 0.3) is 11.7 Å². The minimum absolute atomic E-state index is 0.0527. The van der Waals surface area contributed by atoms with Crippen LogP contribution < -0.4 is 10.9 Å². The van der Waals surface area contributed by atoms with Crippen LogP contribution in [0.5, 0.6) is 0 Å². The number of thiocarbonyl (C=S) groups is 1. The zero-order valence-electron chi connectivity index (χ0n) is 19.7. The molecule has 1 aliphatic carbocycles. The average molecular weight is 533 g/mol. The Balaban J connectivity index is 1.54. The summed E-state index contributed by atoms with van der Waals surface area (Å²) in [5.74, 6) is 0.767. The van der Waals surface area contributed by atoms with Crippen LogP contribution in [0.15, 0.2) is 28.0 Å². The maximum absolute atomic E-state index is 13.6. The van der Waals surface area contributed by atoms with E-state index in [0.29, 0.717) is 38.6 Å². The van der Waals surface area contributed by atoms with Gasteiger partial charge in [0.2, 0.25) is 0 Å². The van der Waals surface area contributed by atoms with Gasteiger partial charge < -0.3 is 5.32 Å². The molecule has 0 aromatic carbocycles. The summed E-state index contributed by atoms with van der Waals surface area (Å²) in [6.07, 6.45) is 7.89. The second kappa shape index (κ2) is 9.33. The van der Waals surface area contributed by atoms with E-state index in [9.17, 15) is 18.0 Å². The number of carbonyl (C=O) groups is 1. The van der Waals surface area contributed by atoms with E-state index in [0.717, 1.165) is 43.0 Å². The van der Waals surface area contributed by atoms with Crippen molar-refractivity contribution in [3.05, 3.63) is 44.7 Å². The number of nitrogens with one attached hydrogen (secondary N) is 1. The number of aryl methyl sites for hydroxylation is 1. The number of fused-ring (bicyclic) bond motifs is 1. The monoisotopic (exact) mass is 532 g/mol. The molecule has 2 saturated heterocycles. The third-order valence-corrected chi connectivity index (χ3v) is 10.1. The topological polar surface area (TPSA) is 101 Å². The van der Waals surface area contributed by atoms with E-state index in [2.05, 4.69) is 12.2 Å². The number of sulfone groups is 1. The van der Waals surface area contributed by atoms with Gasteiger partial charge in [-0.3, -0.25) is 18.9 Å². The number of nitrogens with zero attached hydrogens (tertiary/aromatic N) is 3. The molecular formula is C24H28N4O4S3. The number of anilines is 1. The highest BCUT2D eigenvalue weighted by molar-refractivity contribution is 8.26. The minimum Gasteiger partial charge on any atom is -0.367 e. The molecule has 1 atom stereocenters. The zero-order valence-corrected chi connectivity index (χ0v) is 22.1. The van der Waals surface area contributed by atoms with Crippen LogP contribution in [0.1, 0.15) is 50.2 Å². The normalized spacial score (nSPS) is 27.8. The molecule has 11 heteroatoms. The van der Waals surface area contributed by atoms with Crippen molar-refractivity contribution in [2.75, 3.05) is 16.8 Å². The number of amides is 1. The molecule has 2 aliphatic heterocycles.